The van der Waals surface area contributed by atoms with E-state index < -0.39 is 0 Å². The average Bonchev–Trinajstić information content (AvgIpc) is 2.29. The lowest BCUT2D eigenvalue weighted by Crippen LogP contribution is -2.11. The zero-order valence-electron chi connectivity index (χ0n) is 10.1. The van der Waals surface area contributed by atoms with Crippen molar-refractivity contribution in [3.05, 3.63) is 23.0 Å². The second-order valence-electron chi connectivity index (χ2n) is 3.69. The van der Waals surface area contributed by atoms with Gasteiger partial charge in [0.25, 0.3) is 0 Å². The molecule has 0 aliphatic carbocycles. The standard InChI is InChI=1S/C12H18N2O2/c1-4-6-7-16-12(15)10-8-9(3)13-14-11(10)5-2/h8H,4-7H2,1-3H3. The first kappa shape index (κ1) is 12.6. The van der Waals surface area contributed by atoms with Crippen LogP contribution >= 0.6 is 0 Å². The van der Waals surface area contributed by atoms with Crippen LogP contribution in [0.4, 0.5) is 0 Å². The minimum atomic E-state index is -0.289. The molecular weight excluding hydrogens is 204 g/mol. The molecule has 1 aromatic heterocycles. The Bertz CT molecular complexity index is 364. The van der Waals surface area contributed by atoms with Crippen molar-refractivity contribution < 1.29 is 9.53 Å². The number of esters is 1. The van der Waals surface area contributed by atoms with Crippen LogP contribution in [0.15, 0.2) is 6.07 Å². The van der Waals surface area contributed by atoms with Crippen molar-refractivity contribution in [3.63, 3.8) is 0 Å². The lowest BCUT2D eigenvalue weighted by atomic mass is 10.1. The van der Waals surface area contributed by atoms with Crippen LogP contribution < -0.4 is 0 Å². The summed E-state index contributed by atoms with van der Waals surface area (Å²) in [5.41, 5.74) is 1.98. The smallest absolute Gasteiger partial charge is 0.340 e. The van der Waals surface area contributed by atoms with Gasteiger partial charge in [0.2, 0.25) is 0 Å². The van der Waals surface area contributed by atoms with Gasteiger partial charge in [-0.1, -0.05) is 20.3 Å². The van der Waals surface area contributed by atoms with Crippen LogP contribution in [0.3, 0.4) is 0 Å². The molecule has 0 fully saturated rings. The Morgan fingerprint density at radius 1 is 1.38 bits per heavy atom. The fourth-order valence-electron chi connectivity index (χ4n) is 1.34. The minimum absolute atomic E-state index is 0.289. The maximum Gasteiger partial charge on any atom is 0.340 e. The molecular formula is C12H18N2O2. The van der Waals surface area contributed by atoms with E-state index in [4.69, 9.17) is 4.74 Å². The SMILES string of the molecule is CCCCOC(=O)c1cc(C)nnc1CC. The third-order valence-electron chi connectivity index (χ3n) is 2.28. The Hall–Kier alpha value is -1.45. The molecule has 4 heteroatoms. The molecule has 0 radical (unpaired) electrons. The van der Waals surface area contributed by atoms with Gasteiger partial charge >= 0.3 is 5.97 Å². The van der Waals surface area contributed by atoms with E-state index in [-0.39, 0.29) is 5.97 Å². The zero-order chi connectivity index (χ0) is 12.0. The van der Waals surface area contributed by atoms with Crippen molar-refractivity contribution in [2.24, 2.45) is 0 Å². The van der Waals surface area contributed by atoms with Gasteiger partial charge in [-0.15, -0.1) is 0 Å². The summed E-state index contributed by atoms with van der Waals surface area (Å²) in [4.78, 5) is 11.8. The van der Waals surface area contributed by atoms with Gasteiger partial charge in [-0.2, -0.15) is 10.2 Å². The molecule has 16 heavy (non-hydrogen) atoms. The lowest BCUT2D eigenvalue weighted by molar-refractivity contribution is 0.0497. The third-order valence-corrected chi connectivity index (χ3v) is 2.28. The fourth-order valence-corrected chi connectivity index (χ4v) is 1.34. The van der Waals surface area contributed by atoms with Gasteiger partial charge in [0.1, 0.15) is 0 Å². The highest BCUT2D eigenvalue weighted by Crippen LogP contribution is 2.09. The van der Waals surface area contributed by atoms with Crippen LogP contribution in [-0.4, -0.2) is 22.8 Å². The minimum Gasteiger partial charge on any atom is -0.462 e. The number of carbonyl (C=O) groups excluding carboxylic acids is 1. The van der Waals surface area contributed by atoms with E-state index in [1.54, 1.807) is 6.07 Å². The Balaban J connectivity index is 2.76. The van der Waals surface area contributed by atoms with Crippen LogP contribution in [0.1, 0.15) is 48.4 Å². The predicted molar refractivity (Wildman–Crippen MR) is 61.3 cm³/mol. The molecule has 0 amide bonds. The number of hydrogen-bond acceptors (Lipinski definition) is 4. The highest BCUT2D eigenvalue weighted by molar-refractivity contribution is 5.90. The molecule has 0 N–H and O–H groups in total. The second-order valence-corrected chi connectivity index (χ2v) is 3.69. The third kappa shape index (κ3) is 3.29. The first-order chi connectivity index (χ1) is 7.69. The molecule has 1 aromatic rings. The van der Waals surface area contributed by atoms with Gasteiger partial charge in [0.15, 0.2) is 0 Å². The number of aromatic nitrogens is 2. The number of aryl methyl sites for hydroxylation is 2. The number of hydrogen-bond donors (Lipinski definition) is 0. The van der Waals surface area contributed by atoms with E-state index in [1.807, 2.05) is 13.8 Å². The summed E-state index contributed by atoms with van der Waals surface area (Å²) < 4.78 is 5.16. The Morgan fingerprint density at radius 3 is 2.75 bits per heavy atom. The molecule has 0 aliphatic rings. The first-order valence-corrected chi connectivity index (χ1v) is 5.69. The molecule has 0 atom stereocenters. The summed E-state index contributed by atoms with van der Waals surface area (Å²) in [6, 6.07) is 1.74. The monoisotopic (exact) mass is 222 g/mol. The Labute approximate surface area is 96.0 Å². The van der Waals surface area contributed by atoms with Crippen molar-refractivity contribution in [3.8, 4) is 0 Å². The van der Waals surface area contributed by atoms with Crippen LogP contribution in [0.25, 0.3) is 0 Å². The van der Waals surface area contributed by atoms with Crippen molar-refractivity contribution in [2.45, 2.75) is 40.0 Å². The van der Waals surface area contributed by atoms with Crippen LogP contribution in [0.5, 0.6) is 0 Å². The summed E-state index contributed by atoms with van der Waals surface area (Å²) in [5, 5.41) is 7.93. The summed E-state index contributed by atoms with van der Waals surface area (Å²) in [5.74, 6) is -0.289. The fraction of sp³-hybridized carbons (Fsp3) is 0.583. The van der Waals surface area contributed by atoms with Gasteiger partial charge in [-0.3, -0.25) is 0 Å². The highest BCUT2D eigenvalue weighted by Gasteiger charge is 2.13. The molecule has 0 saturated carbocycles. The van der Waals surface area contributed by atoms with E-state index >= 15 is 0 Å². The number of unbranched alkanes of at least 4 members (excludes halogenated alkanes) is 1. The van der Waals surface area contributed by atoms with Crippen LogP contribution in [0.2, 0.25) is 0 Å². The average molecular weight is 222 g/mol. The van der Waals surface area contributed by atoms with E-state index in [0.717, 1.165) is 18.5 Å². The summed E-state index contributed by atoms with van der Waals surface area (Å²) in [7, 11) is 0. The van der Waals surface area contributed by atoms with Gasteiger partial charge in [-0.25, -0.2) is 4.79 Å². The van der Waals surface area contributed by atoms with Crippen LogP contribution in [0, 0.1) is 6.92 Å². The van der Waals surface area contributed by atoms with Crippen molar-refractivity contribution in [2.75, 3.05) is 6.61 Å². The molecule has 0 saturated heterocycles. The molecule has 1 heterocycles. The van der Waals surface area contributed by atoms with Crippen molar-refractivity contribution in [1.82, 2.24) is 10.2 Å². The molecule has 0 bridgehead atoms. The predicted octanol–water partition coefficient (Wildman–Crippen LogP) is 2.30. The quantitative estimate of drug-likeness (QED) is 0.566. The summed E-state index contributed by atoms with van der Waals surface area (Å²) >= 11 is 0. The van der Waals surface area contributed by atoms with E-state index in [1.165, 1.54) is 0 Å². The van der Waals surface area contributed by atoms with E-state index in [9.17, 15) is 4.79 Å². The summed E-state index contributed by atoms with van der Waals surface area (Å²) in [6.07, 6.45) is 2.59. The van der Waals surface area contributed by atoms with Gasteiger partial charge in [0.05, 0.1) is 23.6 Å². The van der Waals surface area contributed by atoms with Crippen molar-refractivity contribution in [1.29, 1.82) is 0 Å². The van der Waals surface area contributed by atoms with Gasteiger partial charge in [0, 0.05) is 0 Å². The largest absolute Gasteiger partial charge is 0.462 e. The number of nitrogens with zero attached hydrogens (tertiary/aromatic N) is 2. The molecule has 0 spiro atoms. The lowest BCUT2D eigenvalue weighted by Gasteiger charge is -2.07. The van der Waals surface area contributed by atoms with Gasteiger partial charge in [-0.05, 0) is 25.8 Å². The van der Waals surface area contributed by atoms with Crippen molar-refractivity contribution >= 4 is 5.97 Å². The van der Waals surface area contributed by atoms with Crippen LogP contribution in [-0.2, 0) is 11.2 Å². The molecule has 0 aromatic carbocycles. The maximum atomic E-state index is 11.8. The molecule has 0 aliphatic heterocycles. The first-order valence-electron chi connectivity index (χ1n) is 5.69. The molecule has 4 nitrogen and oxygen atoms in total. The van der Waals surface area contributed by atoms with E-state index in [2.05, 4.69) is 17.1 Å². The highest BCUT2D eigenvalue weighted by atomic mass is 16.5. The normalized spacial score (nSPS) is 10.2. The molecule has 0 unspecified atom stereocenters. The Morgan fingerprint density at radius 2 is 2.12 bits per heavy atom. The number of rotatable bonds is 5. The summed E-state index contributed by atoms with van der Waals surface area (Å²) in [6.45, 7) is 6.29. The Kier molecular flexibility index (Phi) is 4.89. The molecule has 1 rings (SSSR count). The number of carbonyl (C=O) groups is 1. The topological polar surface area (TPSA) is 52.1 Å². The number of ether oxygens (including phenoxy) is 1. The van der Waals surface area contributed by atoms with Gasteiger partial charge < -0.3 is 4.74 Å². The maximum absolute atomic E-state index is 11.8. The van der Waals surface area contributed by atoms with E-state index in [0.29, 0.717) is 24.3 Å². The zero-order valence-corrected chi connectivity index (χ0v) is 10.1. The second kappa shape index (κ2) is 6.20. The molecule has 88 valence electrons.